The summed E-state index contributed by atoms with van der Waals surface area (Å²) >= 11 is 0. The van der Waals surface area contributed by atoms with Crippen LogP contribution in [0.5, 0.6) is 28.7 Å². The van der Waals surface area contributed by atoms with Gasteiger partial charge in [0.1, 0.15) is 24.7 Å². The topological polar surface area (TPSA) is 46.2 Å². The molecule has 0 radical (unpaired) electrons. The summed E-state index contributed by atoms with van der Waals surface area (Å²) in [6.07, 6.45) is -4.79. The molecule has 0 saturated carbocycles. The van der Waals surface area contributed by atoms with Gasteiger partial charge in [-0.15, -0.1) is 0 Å². The third-order valence-electron chi connectivity index (χ3n) is 8.43. The van der Waals surface area contributed by atoms with Crippen molar-refractivity contribution in [3.63, 3.8) is 0 Å². The standard InChI is InChI=1S/C40H41F9O5/c1-4-50-32-15-16-34(38(44)37(32)43)54-24-28-11-13-30(22-31(28)40(47,48)49)52-20-8-6-18-39(45,46)17-5-7-19-51-29-12-10-27(26(3)21-29)23-53-33-14-9-25(2)35(41)36(33)42/h9-16,21-22H,4-8,17-20,23-24H2,1-3H3. The van der Waals surface area contributed by atoms with E-state index in [1.54, 1.807) is 32.0 Å². The zero-order chi connectivity index (χ0) is 39.5. The van der Waals surface area contributed by atoms with Crippen LogP contribution in [-0.2, 0) is 19.4 Å². The van der Waals surface area contributed by atoms with Crippen LogP contribution in [0.1, 0.15) is 73.3 Å². The molecular formula is C40H41F9O5. The lowest BCUT2D eigenvalue weighted by molar-refractivity contribution is -0.138. The molecule has 294 valence electrons. The van der Waals surface area contributed by atoms with E-state index in [1.807, 2.05) is 0 Å². The molecule has 0 fully saturated rings. The van der Waals surface area contributed by atoms with Crippen molar-refractivity contribution in [3.05, 3.63) is 112 Å². The van der Waals surface area contributed by atoms with Crippen molar-refractivity contribution in [2.75, 3.05) is 19.8 Å². The van der Waals surface area contributed by atoms with Gasteiger partial charge in [0.15, 0.2) is 23.1 Å². The molecule has 4 aromatic rings. The number of aryl methyl sites for hydroxylation is 2. The molecule has 14 heteroatoms. The highest BCUT2D eigenvalue weighted by atomic mass is 19.4. The maximum absolute atomic E-state index is 14.5. The van der Waals surface area contributed by atoms with Gasteiger partial charge in [0.2, 0.25) is 23.4 Å². The van der Waals surface area contributed by atoms with Gasteiger partial charge < -0.3 is 23.7 Å². The first-order valence-electron chi connectivity index (χ1n) is 17.3. The minimum absolute atomic E-state index is 0.0102. The second-order valence-corrected chi connectivity index (χ2v) is 12.6. The highest BCUT2D eigenvalue weighted by Gasteiger charge is 2.34. The molecule has 4 rings (SSSR count). The fourth-order valence-corrected chi connectivity index (χ4v) is 5.37. The predicted octanol–water partition coefficient (Wildman–Crippen LogP) is 11.9. The number of benzene rings is 4. The van der Waals surface area contributed by atoms with Crippen LogP contribution in [0.25, 0.3) is 0 Å². The van der Waals surface area contributed by atoms with Crippen molar-refractivity contribution in [3.8, 4) is 28.7 Å². The van der Waals surface area contributed by atoms with Gasteiger partial charge >= 0.3 is 6.18 Å². The summed E-state index contributed by atoms with van der Waals surface area (Å²) in [7, 11) is 0. The van der Waals surface area contributed by atoms with Crippen molar-refractivity contribution >= 4 is 0 Å². The number of unbranched alkanes of at least 4 members (excludes halogenated alkanes) is 2. The zero-order valence-electron chi connectivity index (χ0n) is 30.0. The van der Waals surface area contributed by atoms with E-state index >= 15 is 0 Å². The number of hydrogen-bond acceptors (Lipinski definition) is 5. The minimum Gasteiger partial charge on any atom is -0.494 e. The molecule has 4 aromatic carbocycles. The fraction of sp³-hybridized carbons (Fsp3) is 0.400. The summed E-state index contributed by atoms with van der Waals surface area (Å²) in [6.45, 7) is 4.31. The lowest BCUT2D eigenvalue weighted by atomic mass is 10.1. The van der Waals surface area contributed by atoms with Gasteiger partial charge in [0, 0.05) is 18.4 Å². The van der Waals surface area contributed by atoms with Crippen LogP contribution < -0.4 is 23.7 Å². The zero-order valence-corrected chi connectivity index (χ0v) is 30.0. The molecule has 0 bridgehead atoms. The molecule has 0 aliphatic rings. The molecule has 54 heavy (non-hydrogen) atoms. The van der Waals surface area contributed by atoms with Crippen LogP contribution in [0.4, 0.5) is 39.5 Å². The molecule has 5 nitrogen and oxygen atoms in total. The molecule has 0 spiro atoms. The fourth-order valence-electron chi connectivity index (χ4n) is 5.37. The van der Waals surface area contributed by atoms with Crippen molar-refractivity contribution in [2.24, 2.45) is 0 Å². The third-order valence-corrected chi connectivity index (χ3v) is 8.43. The molecule has 0 N–H and O–H groups in total. The Morgan fingerprint density at radius 1 is 0.500 bits per heavy atom. The number of halogens is 9. The van der Waals surface area contributed by atoms with E-state index in [-0.39, 0.29) is 80.5 Å². The van der Waals surface area contributed by atoms with Crippen molar-refractivity contribution in [1.82, 2.24) is 0 Å². The van der Waals surface area contributed by atoms with E-state index in [4.69, 9.17) is 23.7 Å². The Hall–Kier alpha value is -4.75. The molecular weight excluding hydrogens is 731 g/mol. The van der Waals surface area contributed by atoms with Crippen LogP contribution in [-0.4, -0.2) is 25.7 Å². The minimum atomic E-state index is -4.82. The van der Waals surface area contributed by atoms with Crippen molar-refractivity contribution in [2.45, 2.75) is 84.6 Å². The van der Waals surface area contributed by atoms with Crippen LogP contribution in [0.2, 0.25) is 0 Å². The predicted molar refractivity (Wildman–Crippen MR) is 184 cm³/mol. The largest absolute Gasteiger partial charge is 0.494 e. The maximum Gasteiger partial charge on any atom is 0.416 e. The first-order chi connectivity index (χ1) is 25.6. The van der Waals surface area contributed by atoms with E-state index in [1.165, 1.54) is 25.1 Å². The molecule has 0 atom stereocenters. The molecule has 0 aliphatic carbocycles. The van der Waals surface area contributed by atoms with Gasteiger partial charge in [-0.3, -0.25) is 0 Å². The number of hydrogen-bond donors (Lipinski definition) is 0. The molecule has 0 aromatic heterocycles. The third kappa shape index (κ3) is 11.9. The Morgan fingerprint density at radius 3 is 1.52 bits per heavy atom. The first kappa shape index (κ1) is 42.0. The van der Waals surface area contributed by atoms with E-state index in [0.717, 1.165) is 35.4 Å². The SMILES string of the molecule is CCOc1ccc(OCc2ccc(OCCCCC(F)(F)CCCCOc3ccc(COc4ccc(C)c(F)c4F)c(C)c3)cc2C(F)(F)F)c(F)c1F. The van der Waals surface area contributed by atoms with Gasteiger partial charge in [-0.25, -0.2) is 13.2 Å². The van der Waals surface area contributed by atoms with E-state index in [2.05, 4.69) is 0 Å². The van der Waals surface area contributed by atoms with Gasteiger partial charge in [-0.2, -0.15) is 26.3 Å². The summed E-state index contributed by atoms with van der Waals surface area (Å²) in [6, 6.07) is 13.2. The maximum atomic E-state index is 14.5. The quantitative estimate of drug-likeness (QED) is 0.0661. The first-order valence-corrected chi connectivity index (χ1v) is 17.3. The average molecular weight is 773 g/mol. The molecule has 0 saturated heterocycles. The molecule has 0 unspecified atom stereocenters. The van der Waals surface area contributed by atoms with Crippen molar-refractivity contribution in [1.29, 1.82) is 0 Å². The lowest BCUT2D eigenvalue weighted by Crippen LogP contribution is -2.16. The summed E-state index contributed by atoms with van der Waals surface area (Å²) in [4.78, 5) is 0. The summed E-state index contributed by atoms with van der Waals surface area (Å²) in [5.41, 5.74) is 0.245. The Labute approximate surface area is 307 Å². The van der Waals surface area contributed by atoms with Gasteiger partial charge in [0.25, 0.3) is 0 Å². The van der Waals surface area contributed by atoms with E-state index in [0.29, 0.717) is 12.2 Å². The normalized spacial score (nSPS) is 11.8. The number of alkyl halides is 5. The number of ether oxygens (including phenoxy) is 5. The van der Waals surface area contributed by atoms with Gasteiger partial charge in [-0.1, -0.05) is 18.2 Å². The Bertz CT molecular complexity index is 1850. The van der Waals surface area contributed by atoms with E-state index < -0.39 is 59.7 Å². The molecule has 0 amide bonds. The number of rotatable bonds is 20. The van der Waals surface area contributed by atoms with Crippen LogP contribution in [0.15, 0.2) is 60.7 Å². The monoisotopic (exact) mass is 772 g/mol. The van der Waals surface area contributed by atoms with E-state index in [9.17, 15) is 39.5 Å². The summed E-state index contributed by atoms with van der Waals surface area (Å²) in [5, 5.41) is 0. The second-order valence-electron chi connectivity index (χ2n) is 12.6. The Kier molecular flexibility index (Phi) is 14.8. The highest BCUT2D eigenvalue weighted by molar-refractivity contribution is 5.39. The summed E-state index contributed by atoms with van der Waals surface area (Å²) < 4.78 is 153. The van der Waals surface area contributed by atoms with Crippen molar-refractivity contribution < 1.29 is 63.2 Å². The average Bonchev–Trinajstić information content (AvgIpc) is 3.12. The van der Waals surface area contributed by atoms with Crippen LogP contribution >= 0.6 is 0 Å². The molecule has 0 aliphatic heterocycles. The second kappa shape index (κ2) is 19.0. The van der Waals surface area contributed by atoms with Gasteiger partial charge in [0.05, 0.1) is 25.4 Å². The Balaban J connectivity index is 1.15. The lowest BCUT2D eigenvalue weighted by Gasteiger charge is -2.17. The van der Waals surface area contributed by atoms with Crippen LogP contribution in [0, 0.1) is 37.1 Å². The highest BCUT2D eigenvalue weighted by Crippen LogP contribution is 2.36. The molecule has 0 heterocycles. The Morgan fingerprint density at radius 2 is 0.981 bits per heavy atom. The summed E-state index contributed by atoms with van der Waals surface area (Å²) in [5.74, 6) is -8.43. The van der Waals surface area contributed by atoms with Gasteiger partial charge in [-0.05, 0) is 106 Å². The van der Waals surface area contributed by atoms with Crippen LogP contribution in [0.3, 0.4) is 0 Å². The smallest absolute Gasteiger partial charge is 0.416 e.